The van der Waals surface area contributed by atoms with E-state index in [-0.39, 0.29) is 0 Å². The van der Waals surface area contributed by atoms with Crippen LogP contribution in [0.1, 0.15) is 117 Å². The molecule has 0 radical (unpaired) electrons. The fourth-order valence-corrected chi connectivity index (χ4v) is 4.34. The summed E-state index contributed by atoms with van der Waals surface area (Å²) in [5.41, 5.74) is -2.05. The van der Waals surface area contributed by atoms with Crippen molar-refractivity contribution in [3.8, 4) is 0 Å². The van der Waals surface area contributed by atoms with Gasteiger partial charge in [-0.2, -0.15) is 0 Å². The third-order valence-electron chi connectivity index (χ3n) is 6.16. The number of carbonyl (C=O) groups is 3. The molecule has 1 unspecified atom stereocenters. The van der Waals surface area contributed by atoms with Crippen molar-refractivity contribution < 1.29 is 29.0 Å². The molecule has 3 atom stereocenters. The van der Waals surface area contributed by atoms with Crippen LogP contribution in [0.5, 0.6) is 0 Å². The zero-order chi connectivity index (χ0) is 23.8. The fraction of sp³-hybridized carbons (Fsp3) is 0.808. The molecule has 0 aliphatic heterocycles. The number of ketones is 1. The lowest BCUT2D eigenvalue weighted by molar-refractivity contribution is -0.186. The van der Waals surface area contributed by atoms with Gasteiger partial charge in [0.15, 0.2) is 11.9 Å². The summed E-state index contributed by atoms with van der Waals surface area (Å²) in [7, 11) is 0. The largest absolute Gasteiger partial charge is 0.459 e. The van der Waals surface area contributed by atoms with Crippen LogP contribution in [0, 0.1) is 0 Å². The molecule has 1 rings (SSSR count). The van der Waals surface area contributed by atoms with E-state index in [1.807, 2.05) is 0 Å². The van der Waals surface area contributed by atoms with Crippen LogP contribution in [0.15, 0.2) is 12.2 Å². The van der Waals surface area contributed by atoms with Crippen LogP contribution in [0.3, 0.4) is 0 Å². The highest BCUT2D eigenvalue weighted by Gasteiger charge is 2.54. The van der Waals surface area contributed by atoms with Gasteiger partial charge in [-0.25, -0.2) is 0 Å². The van der Waals surface area contributed by atoms with Gasteiger partial charge >= 0.3 is 11.9 Å². The molecule has 6 nitrogen and oxygen atoms in total. The first kappa shape index (κ1) is 28.3. The molecule has 0 aromatic carbocycles. The predicted octanol–water partition coefficient (Wildman–Crippen LogP) is 5.59. The number of ether oxygens (including phenoxy) is 2. The molecule has 0 spiro atoms. The van der Waals surface area contributed by atoms with E-state index in [1.165, 1.54) is 90.2 Å². The van der Waals surface area contributed by atoms with Crippen molar-refractivity contribution in [2.45, 2.75) is 135 Å². The second-order valence-corrected chi connectivity index (χ2v) is 9.06. The Labute approximate surface area is 194 Å². The van der Waals surface area contributed by atoms with Crippen LogP contribution in [-0.2, 0) is 23.9 Å². The van der Waals surface area contributed by atoms with Gasteiger partial charge in [0.1, 0.15) is 6.10 Å². The predicted molar refractivity (Wildman–Crippen MR) is 125 cm³/mol. The number of esters is 2. The van der Waals surface area contributed by atoms with Crippen LogP contribution >= 0.6 is 0 Å². The van der Waals surface area contributed by atoms with Crippen molar-refractivity contribution in [3.05, 3.63) is 12.2 Å². The number of hydrogen-bond acceptors (Lipinski definition) is 6. The van der Waals surface area contributed by atoms with Gasteiger partial charge in [0, 0.05) is 13.8 Å². The lowest BCUT2D eigenvalue weighted by Crippen LogP contribution is -2.56. The maximum Gasteiger partial charge on any atom is 0.303 e. The quantitative estimate of drug-likeness (QED) is 0.215. The molecule has 32 heavy (non-hydrogen) atoms. The Morgan fingerprint density at radius 1 is 0.875 bits per heavy atom. The van der Waals surface area contributed by atoms with Gasteiger partial charge < -0.3 is 14.6 Å². The SMILES string of the molecule is CCCCCCCCCCCCCCCCC(OC(C)=O)[C@@]1(O)C(=O)C=C[C@H]1OC(C)=O. The Hall–Kier alpha value is -1.69. The monoisotopic (exact) mass is 452 g/mol. The molecular formula is C26H44O6. The van der Waals surface area contributed by atoms with Gasteiger partial charge in [0.05, 0.1) is 0 Å². The Bertz CT molecular complexity index is 599. The van der Waals surface area contributed by atoms with E-state index in [2.05, 4.69) is 6.92 Å². The molecule has 0 aromatic heterocycles. The van der Waals surface area contributed by atoms with Crippen molar-refractivity contribution in [1.29, 1.82) is 0 Å². The van der Waals surface area contributed by atoms with Crippen LogP contribution < -0.4 is 0 Å². The van der Waals surface area contributed by atoms with Gasteiger partial charge in [0.2, 0.25) is 5.60 Å². The third-order valence-corrected chi connectivity index (χ3v) is 6.16. The first-order valence-electron chi connectivity index (χ1n) is 12.6. The van der Waals surface area contributed by atoms with E-state index in [4.69, 9.17) is 9.47 Å². The lowest BCUT2D eigenvalue weighted by Gasteiger charge is -2.34. The summed E-state index contributed by atoms with van der Waals surface area (Å²) in [6.45, 7) is 4.71. The molecule has 1 aliphatic rings. The molecular weight excluding hydrogens is 408 g/mol. The Morgan fingerprint density at radius 3 is 1.78 bits per heavy atom. The summed E-state index contributed by atoms with van der Waals surface area (Å²) in [5, 5.41) is 11.0. The van der Waals surface area contributed by atoms with Crippen molar-refractivity contribution in [2.75, 3.05) is 0 Å². The smallest absolute Gasteiger partial charge is 0.303 e. The van der Waals surface area contributed by atoms with Gasteiger partial charge in [-0.05, 0) is 25.0 Å². The van der Waals surface area contributed by atoms with Crippen molar-refractivity contribution in [1.82, 2.24) is 0 Å². The molecule has 0 saturated carbocycles. The summed E-state index contributed by atoms with van der Waals surface area (Å²) in [5.74, 6) is -1.78. The maximum atomic E-state index is 12.3. The maximum absolute atomic E-state index is 12.3. The Balaban J connectivity index is 2.26. The molecule has 0 bridgehead atoms. The highest BCUT2D eigenvalue weighted by Crippen LogP contribution is 2.32. The van der Waals surface area contributed by atoms with E-state index < -0.39 is 35.5 Å². The normalized spacial score (nSPS) is 21.0. The second kappa shape index (κ2) is 16.0. The number of rotatable bonds is 18. The Kier molecular flexibility index (Phi) is 14.2. The average molecular weight is 453 g/mol. The minimum Gasteiger partial charge on any atom is -0.459 e. The molecule has 1 N–H and O–H groups in total. The lowest BCUT2D eigenvalue weighted by atomic mass is 9.87. The number of carbonyl (C=O) groups excluding carboxylic acids is 3. The Morgan fingerprint density at radius 2 is 1.34 bits per heavy atom. The van der Waals surface area contributed by atoms with Gasteiger partial charge in [0.25, 0.3) is 0 Å². The average Bonchev–Trinajstić information content (AvgIpc) is 3.01. The van der Waals surface area contributed by atoms with Crippen LogP contribution in [0.2, 0.25) is 0 Å². The molecule has 0 fully saturated rings. The highest BCUT2D eigenvalue weighted by molar-refractivity contribution is 6.01. The van der Waals surface area contributed by atoms with Gasteiger partial charge in [-0.15, -0.1) is 0 Å². The summed E-state index contributed by atoms with van der Waals surface area (Å²) in [4.78, 5) is 35.3. The van der Waals surface area contributed by atoms with Crippen molar-refractivity contribution in [3.63, 3.8) is 0 Å². The number of hydrogen-bond donors (Lipinski definition) is 1. The van der Waals surface area contributed by atoms with E-state index in [9.17, 15) is 19.5 Å². The number of unbranched alkanes of at least 4 members (excludes halogenated alkanes) is 13. The minimum atomic E-state index is -2.05. The molecule has 0 heterocycles. The van der Waals surface area contributed by atoms with Gasteiger partial charge in [-0.1, -0.05) is 90.4 Å². The topological polar surface area (TPSA) is 89.9 Å². The second-order valence-electron chi connectivity index (χ2n) is 9.06. The number of aliphatic hydroxyl groups is 1. The fourth-order valence-electron chi connectivity index (χ4n) is 4.34. The van der Waals surface area contributed by atoms with E-state index >= 15 is 0 Å². The zero-order valence-electron chi connectivity index (χ0n) is 20.4. The van der Waals surface area contributed by atoms with Crippen molar-refractivity contribution >= 4 is 17.7 Å². The first-order valence-corrected chi connectivity index (χ1v) is 12.6. The summed E-state index contributed by atoms with van der Waals surface area (Å²) >= 11 is 0. The summed E-state index contributed by atoms with van der Waals surface area (Å²) in [6.07, 6.45) is 17.9. The molecule has 0 amide bonds. The van der Waals surface area contributed by atoms with Crippen LogP contribution in [0.4, 0.5) is 0 Å². The molecule has 6 heteroatoms. The van der Waals surface area contributed by atoms with Crippen LogP contribution in [0.25, 0.3) is 0 Å². The van der Waals surface area contributed by atoms with Crippen molar-refractivity contribution in [2.24, 2.45) is 0 Å². The molecule has 0 saturated heterocycles. The van der Waals surface area contributed by atoms with E-state index in [1.54, 1.807) is 0 Å². The summed E-state index contributed by atoms with van der Waals surface area (Å²) < 4.78 is 10.4. The third kappa shape index (κ3) is 10.3. The highest BCUT2D eigenvalue weighted by atomic mass is 16.6. The molecule has 0 aromatic rings. The van der Waals surface area contributed by atoms with Crippen LogP contribution in [-0.4, -0.2) is 40.6 Å². The molecule has 184 valence electrons. The summed E-state index contributed by atoms with van der Waals surface area (Å²) in [6, 6.07) is 0. The first-order chi connectivity index (χ1) is 15.3. The van der Waals surface area contributed by atoms with E-state index in [0.29, 0.717) is 6.42 Å². The zero-order valence-corrected chi connectivity index (χ0v) is 20.4. The standard InChI is InChI=1S/C26H44O6/c1-4-5-6-7-8-9-10-11-12-13-14-15-16-17-18-24(31-21(2)27)26(30)23(29)19-20-25(26)32-22(3)28/h19-20,24-25,30H,4-18H2,1-3H3/t24?,25-,26+/m1/s1. The van der Waals surface area contributed by atoms with E-state index in [0.717, 1.165) is 25.7 Å². The minimum absolute atomic E-state index is 0.347. The molecule has 1 aliphatic carbocycles. The van der Waals surface area contributed by atoms with Gasteiger partial charge in [-0.3, -0.25) is 14.4 Å².